The van der Waals surface area contributed by atoms with Crippen LogP contribution in [0.1, 0.15) is 15.9 Å². The monoisotopic (exact) mass is 267 g/mol. The van der Waals surface area contributed by atoms with Crippen molar-refractivity contribution in [1.29, 1.82) is 0 Å². The molecule has 1 aromatic rings. The highest BCUT2D eigenvalue weighted by atomic mass is 16.5. The molecule has 7 heteroatoms. The quantitative estimate of drug-likeness (QED) is 0.425. The topological polar surface area (TPSA) is 128 Å². The number of methoxy groups -OCH3 is 1. The van der Waals surface area contributed by atoms with Crippen LogP contribution in [0, 0.1) is 6.92 Å². The van der Waals surface area contributed by atoms with Gasteiger partial charge in [0, 0.05) is 17.9 Å². The van der Waals surface area contributed by atoms with Crippen LogP contribution in [0.25, 0.3) is 0 Å². The molecule has 0 fully saturated rings. The fraction of sp³-hybridized carbons (Fsp3) is 0.333. The Morgan fingerprint density at radius 3 is 2.63 bits per heavy atom. The molecule has 0 aromatic heterocycles. The number of carbonyl (C=O) groups is 2. The first kappa shape index (κ1) is 14.8. The molecule has 1 aromatic carbocycles. The third kappa shape index (κ3) is 3.59. The van der Waals surface area contributed by atoms with Crippen molar-refractivity contribution in [1.82, 2.24) is 0 Å². The average Bonchev–Trinajstić information content (AvgIpc) is 2.38. The van der Waals surface area contributed by atoms with Gasteiger partial charge in [0.05, 0.1) is 12.7 Å². The lowest BCUT2D eigenvalue weighted by atomic mass is 10.1. The standard InChI is InChI=1S/C12H17N3O4/c1-6-3-7(15-5-9(16)11(14)17)4-8(10(6)13)12(18)19-2/h3-4,9,15-16H,5,13H2,1-2H3,(H2,14,17). The van der Waals surface area contributed by atoms with Gasteiger partial charge in [0.2, 0.25) is 5.91 Å². The summed E-state index contributed by atoms with van der Waals surface area (Å²) in [6, 6.07) is 3.18. The number of nitrogens with two attached hydrogens (primary N) is 2. The molecule has 1 amide bonds. The van der Waals surface area contributed by atoms with E-state index in [1.807, 2.05) is 0 Å². The number of hydrogen-bond donors (Lipinski definition) is 4. The molecule has 0 radical (unpaired) electrons. The summed E-state index contributed by atoms with van der Waals surface area (Å²) in [7, 11) is 1.26. The lowest BCUT2D eigenvalue weighted by Crippen LogP contribution is -2.34. The number of hydrogen-bond acceptors (Lipinski definition) is 6. The first-order valence-electron chi connectivity index (χ1n) is 5.56. The van der Waals surface area contributed by atoms with Crippen molar-refractivity contribution in [2.75, 3.05) is 24.7 Å². The molecule has 0 aliphatic carbocycles. The molecule has 1 unspecified atom stereocenters. The third-order valence-corrected chi connectivity index (χ3v) is 2.62. The Bertz CT molecular complexity index is 502. The zero-order chi connectivity index (χ0) is 14.6. The maximum Gasteiger partial charge on any atom is 0.340 e. The second-order valence-electron chi connectivity index (χ2n) is 4.05. The molecule has 0 aliphatic rings. The minimum absolute atomic E-state index is 0.0562. The molecular formula is C12H17N3O4. The summed E-state index contributed by atoms with van der Waals surface area (Å²) >= 11 is 0. The number of nitrogen functional groups attached to an aromatic ring is 1. The van der Waals surface area contributed by atoms with E-state index in [9.17, 15) is 14.7 Å². The summed E-state index contributed by atoms with van der Waals surface area (Å²) in [4.78, 5) is 22.2. The van der Waals surface area contributed by atoms with E-state index in [1.165, 1.54) is 13.2 Å². The summed E-state index contributed by atoms with van der Waals surface area (Å²) in [5.74, 6) is -1.38. The Morgan fingerprint density at radius 2 is 2.11 bits per heavy atom. The zero-order valence-electron chi connectivity index (χ0n) is 10.8. The molecule has 19 heavy (non-hydrogen) atoms. The first-order chi connectivity index (χ1) is 8.86. The van der Waals surface area contributed by atoms with E-state index < -0.39 is 18.0 Å². The molecule has 7 nitrogen and oxygen atoms in total. The number of anilines is 2. The highest BCUT2D eigenvalue weighted by Gasteiger charge is 2.15. The number of aliphatic hydroxyl groups is 1. The number of aliphatic hydroxyl groups excluding tert-OH is 1. The van der Waals surface area contributed by atoms with E-state index in [0.29, 0.717) is 16.9 Å². The molecule has 0 aliphatic heterocycles. The van der Waals surface area contributed by atoms with E-state index in [-0.39, 0.29) is 12.1 Å². The highest BCUT2D eigenvalue weighted by Crippen LogP contribution is 2.23. The molecule has 0 spiro atoms. The molecule has 104 valence electrons. The number of amides is 1. The molecule has 6 N–H and O–H groups in total. The van der Waals surface area contributed by atoms with Crippen molar-refractivity contribution in [3.8, 4) is 0 Å². The van der Waals surface area contributed by atoms with Crippen LogP contribution in [-0.4, -0.2) is 36.7 Å². The van der Waals surface area contributed by atoms with Crippen molar-refractivity contribution in [2.45, 2.75) is 13.0 Å². The van der Waals surface area contributed by atoms with E-state index in [2.05, 4.69) is 10.1 Å². The number of aryl methyl sites for hydroxylation is 1. The van der Waals surface area contributed by atoms with Crippen LogP contribution in [0.15, 0.2) is 12.1 Å². The van der Waals surface area contributed by atoms with Crippen molar-refractivity contribution < 1.29 is 19.4 Å². The maximum absolute atomic E-state index is 11.5. The van der Waals surface area contributed by atoms with Crippen LogP contribution in [0.4, 0.5) is 11.4 Å². The van der Waals surface area contributed by atoms with Crippen LogP contribution in [0.2, 0.25) is 0 Å². The Morgan fingerprint density at radius 1 is 1.47 bits per heavy atom. The number of nitrogens with one attached hydrogen (secondary N) is 1. The fourth-order valence-electron chi connectivity index (χ4n) is 1.49. The number of benzene rings is 1. The van der Waals surface area contributed by atoms with Gasteiger partial charge in [-0.25, -0.2) is 4.79 Å². The zero-order valence-corrected chi connectivity index (χ0v) is 10.8. The van der Waals surface area contributed by atoms with E-state index in [1.54, 1.807) is 13.0 Å². The van der Waals surface area contributed by atoms with E-state index in [0.717, 1.165) is 0 Å². The minimum Gasteiger partial charge on any atom is -0.465 e. The normalized spacial score (nSPS) is 11.7. The summed E-state index contributed by atoms with van der Waals surface area (Å²) in [5.41, 5.74) is 12.5. The van der Waals surface area contributed by atoms with Crippen molar-refractivity contribution in [2.24, 2.45) is 5.73 Å². The van der Waals surface area contributed by atoms with E-state index in [4.69, 9.17) is 11.5 Å². The number of esters is 1. The van der Waals surface area contributed by atoms with Crippen LogP contribution >= 0.6 is 0 Å². The van der Waals surface area contributed by atoms with Crippen LogP contribution < -0.4 is 16.8 Å². The summed E-state index contributed by atoms with van der Waals surface area (Å²) < 4.78 is 4.62. The lowest BCUT2D eigenvalue weighted by molar-refractivity contribution is -0.125. The Labute approximate surface area is 110 Å². The van der Waals surface area contributed by atoms with Gasteiger partial charge >= 0.3 is 5.97 Å². The number of primary amides is 1. The van der Waals surface area contributed by atoms with Gasteiger partial charge in [-0.15, -0.1) is 0 Å². The van der Waals surface area contributed by atoms with Gasteiger partial charge in [0.1, 0.15) is 6.10 Å². The second-order valence-corrected chi connectivity index (χ2v) is 4.05. The van der Waals surface area contributed by atoms with Gasteiger partial charge in [0.25, 0.3) is 0 Å². The average molecular weight is 267 g/mol. The van der Waals surface area contributed by atoms with Gasteiger partial charge in [-0.05, 0) is 24.6 Å². The van der Waals surface area contributed by atoms with Gasteiger partial charge in [0.15, 0.2) is 0 Å². The SMILES string of the molecule is COC(=O)c1cc(NCC(O)C(N)=O)cc(C)c1N. The maximum atomic E-state index is 11.5. The van der Waals surface area contributed by atoms with Crippen molar-refractivity contribution in [3.63, 3.8) is 0 Å². The summed E-state index contributed by atoms with van der Waals surface area (Å²) in [5, 5.41) is 12.1. The molecule has 0 heterocycles. The molecule has 1 rings (SSSR count). The van der Waals surface area contributed by atoms with Crippen LogP contribution in [0.5, 0.6) is 0 Å². The van der Waals surface area contributed by atoms with Gasteiger partial charge < -0.3 is 26.6 Å². The summed E-state index contributed by atoms with van der Waals surface area (Å²) in [6.07, 6.45) is -1.31. The Kier molecular flexibility index (Phi) is 4.71. The Hall–Kier alpha value is -2.28. The molecule has 0 saturated carbocycles. The minimum atomic E-state index is -1.31. The van der Waals surface area contributed by atoms with E-state index >= 15 is 0 Å². The van der Waals surface area contributed by atoms with Crippen molar-refractivity contribution in [3.05, 3.63) is 23.3 Å². The van der Waals surface area contributed by atoms with Gasteiger partial charge in [-0.1, -0.05) is 0 Å². The first-order valence-corrected chi connectivity index (χ1v) is 5.56. The van der Waals surface area contributed by atoms with Crippen molar-refractivity contribution >= 4 is 23.3 Å². The number of rotatable bonds is 5. The largest absolute Gasteiger partial charge is 0.465 e. The van der Waals surface area contributed by atoms with Gasteiger partial charge in [-0.3, -0.25) is 4.79 Å². The molecular weight excluding hydrogens is 250 g/mol. The molecule has 1 atom stereocenters. The smallest absolute Gasteiger partial charge is 0.340 e. The predicted octanol–water partition coefficient (Wildman–Crippen LogP) is -0.378. The molecule has 0 saturated heterocycles. The van der Waals surface area contributed by atoms with Crippen LogP contribution in [0.3, 0.4) is 0 Å². The fourth-order valence-corrected chi connectivity index (χ4v) is 1.49. The lowest BCUT2D eigenvalue weighted by Gasteiger charge is -2.13. The number of carbonyl (C=O) groups excluding carboxylic acids is 2. The Balaban J connectivity index is 2.94. The highest BCUT2D eigenvalue weighted by molar-refractivity contribution is 5.97. The summed E-state index contributed by atoms with van der Waals surface area (Å²) in [6.45, 7) is 1.68. The predicted molar refractivity (Wildman–Crippen MR) is 70.6 cm³/mol. The number of ether oxygens (including phenoxy) is 1. The van der Waals surface area contributed by atoms with Gasteiger partial charge in [-0.2, -0.15) is 0 Å². The molecule has 0 bridgehead atoms. The van der Waals surface area contributed by atoms with Crippen LogP contribution in [-0.2, 0) is 9.53 Å². The second kappa shape index (κ2) is 6.05. The third-order valence-electron chi connectivity index (χ3n) is 2.62.